The predicted octanol–water partition coefficient (Wildman–Crippen LogP) is 1.67. The summed E-state index contributed by atoms with van der Waals surface area (Å²) in [4.78, 5) is 4.13. The second-order valence-corrected chi connectivity index (χ2v) is 5.10. The summed E-state index contributed by atoms with van der Waals surface area (Å²) in [6, 6.07) is 0.389. The Balaban J connectivity index is 1.99. The molecule has 0 saturated heterocycles. The lowest BCUT2D eigenvalue weighted by atomic mass is 9.71. The topological polar surface area (TPSA) is 47.6 Å². The highest BCUT2D eigenvalue weighted by Gasteiger charge is 2.42. The minimum Gasteiger partial charge on any atom is -0.457 e. The highest BCUT2D eigenvalue weighted by molar-refractivity contribution is 5.73. The number of nitrogens with zero attached hydrogens (tertiary/aromatic N) is 1. The Labute approximate surface area is 79.4 Å². The molecule has 0 bridgehead atoms. The van der Waals surface area contributed by atoms with Crippen molar-refractivity contribution >= 4 is 6.02 Å². The molecule has 1 fully saturated rings. The monoisotopic (exact) mass is 182 g/mol. The Kier molecular flexibility index (Phi) is 1.79. The van der Waals surface area contributed by atoms with Crippen molar-refractivity contribution in [3.05, 3.63) is 0 Å². The smallest absolute Gasteiger partial charge is 0.282 e. The van der Waals surface area contributed by atoms with Crippen LogP contribution in [0, 0.1) is 5.41 Å². The number of hydrogen-bond acceptors (Lipinski definition) is 3. The Morgan fingerprint density at radius 2 is 1.85 bits per heavy atom. The maximum Gasteiger partial charge on any atom is 0.282 e. The molecule has 1 aliphatic heterocycles. The Hall–Kier alpha value is -0.730. The summed E-state index contributed by atoms with van der Waals surface area (Å²) in [5, 5.41) is 0. The molecule has 1 saturated carbocycles. The molecule has 2 N–H and O–H groups in total. The van der Waals surface area contributed by atoms with Gasteiger partial charge >= 0.3 is 0 Å². The van der Waals surface area contributed by atoms with E-state index in [2.05, 4.69) is 18.8 Å². The van der Waals surface area contributed by atoms with Crippen molar-refractivity contribution in [2.75, 3.05) is 6.54 Å². The molecular weight excluding hydrogens is 164 g/mol. The molecule has 3 heteroatoms. The first-order valence-electron chi connectivity index (χ1n) is 5.00. The van der Waals surface area contributed by atoms with Gasteiger partial charge < -0.3 is 10.5 Å². The predicted molar refractivity (Wildman–Crippen MR) is 52.6 cm³/mol. The van der Waals surface area contributed by atoms with Crippen molar-refractivity contribution in [1.29, 1.82) is 0 Å². The largest absolute Gasteiger partial charge is 0.457 e. The average molecular weight is 182 g/mol. The molecule has 0 unspecified atom stereocenters. The zero-order chi connectivity index (χ0) is 9.53. The van der Waals surface area contributed by atoms with Gasteiger partial charge in [-0.3, -0.25) is 0 Å². The van der Waals surface area contributed by atoms with Gasteiger partial charge in [-0.15, -0.1) is 0 Å². The minimum absolute atomic E-state index is 0.0282. The van der Waals surface area contributed by atoms with Gasteiger partial charge in [-0.1, -0.05) is 13.8 Å². The quantitative estimate of drug-likeness (QED) is 0.619. The molecule has 1 aliphatic carbocycles. The van der Waals surface area contributed by atoms with Crippen LogP contribution in [-0.4, -0.2) is 18.2 Å². The first kappa shape index (κ1) is 8.85. The lowest BCUT2D eigenvalue weighted by Gasteiger charge is -2.39. The lowest BCUT2D eigenvalue weighted by molar-refractivity contribution is 0.00942. The van der Waals surface area contributed by atoms with Crippen LogP contribution in [0.15, 0.2) is 4.99 Å². The van der Waals surface area contributed by atoms with Gasteiger partial charge in [-0.2, -0.15) is 0 Å². The number of nitrogens with two attached hydrogens (primary N) is 1. The molecule has 13 heavy (non-hydrogen) atoms. The van der Waals surface area contributed by atoms with Crippen molar-refractivity contribution in [3.63, 3.8) is 0 Å². The molecular formula is C10H18N2O. The van der Waals surface area contributed by atoms with Crippen LogP contribution in [0.3, 0.4) is 0 Å². The van der Waals surface area contributed by atoms with Gasteiger partial charge in [-0.05, 0) is 31.1 Å². The first-order chi connectivity index (χ1) is 6.02. The van der Waals surface area contributed by atoms with Crippen LogP contribution in [0.5, 0.6) is 0 Å². The van der Waals surface area contributed by atoms with Crippen LogP contribution in [0.1, 0.15) is 39.5 Å². The van der Waals surface area contributed by atoms with E-state index in [-0.39, 0.29) is 5.60 Å². The van der Waals surface area contributed by atoms with Gasteiger partial charge in [0.15, 0.2) is 0 Å². The summed E-state index contributed by atoms with van der Waals surface area (Å²) in [6.45, 7) is 5.41. The van der Waals surface area contributed by atoms with Gasteiger partial charge in [-0.25, -0.2) is 4.99 Å². The Bertz CT molecular complexity index is 235. The van der Waals surface area contributed by atoms with Crippen molar-refractivity contribution in [1.82, 2.24) is 0 Å². The van der Waals surface area contributed by atoms with Gasteiger partial charge in [0.2, 0.25) is 0 Å². The third-order valence-corrected chi connectivity index (χ3v) is 3.36. The van der Waals surface area contributed by atoms with Crippen LogP contribution in [0.4, 0.5) is 0 Å². The molecule has 0 amide bonds. The summed E-state index contributed by atoms with van der Waals surface area (Å²) in [5.74, 6) is 0. The molecule has 0 aromatic heterocycles. The fourth-order valence-electron chi connectivity index (χ4n) is 2.15. The zero-order valence-electron chi connectivity index (χ0n) is 8.47. The lowest BCUT2D eigenvalue weighted by Crippen LogP contribution is -2.40. The number of aliphatic imine (C=N–C) groups is 1. The van der Waals surface area contributed by atoms with Crippen molar-refractivity contribution < 1.29 is 4.74 Å². The van der Waals surface area contributed by atoms with E-state index in [9.17, 15) is 0 Å². The first-order valence-corrected chi connectivity index (χ1v) is 5.00. The van der Waals surface area contributed by atoms with E-state index >= 15 is 0 Å². The Morgan fingerprint density at radius 3 is 2.31 bits per heavy atom. The van der Waals surface area contributed by atoms with Crippen molar-refractivity contribution in [2.24, 2.45) is 16.1 Å². The van der Waals surface area contributed by atoms with Crippen LogP contribution in [0.2, 0.25) is 0 Å². The maximum absolute atomic E-state index is 5.61. The minimum atomic E-state index is -0.0282. The summed E-state index contributed by atoms with van der Waals surface area (Å²) >= 11 is 0. The molecule has 0 aromatic rings. The van der Waals surface area contributed by atoms with E-state index in [1.807, 2.05) is 0 Å². The van der Waals surface area contributed by atoms with E-state index < -0.39 is 0 Å². The number of amidine groups is 1. The zero-order valence-corrected chi connectivity index (χ0v) is 8.47. The Morgan fingerprint density at radius 1 is 1.23 bits per heavy atom. The summed E-state index contributed by atoms with van der Waals surface area (Å²) < 4.78 is 5.61. The molecule has 74 valence electrons. The van der Waals surface area contributed by atoms with Gasteiger partial charge in [0.25, 0.3) is 6.02 Å². The number of hydrogen-bond donors (Lipinski definition) is 1. The van der Waals surface area contributed by atoms with E-state index in [1.54, 1.807) is 0 Å². The fourth-order valence-corrected chi connectivity index (χ4v) is 2.15. The number of rotatable bonds is 0. The van der Waals surface area contributed by atoms with Crippen LogP contribution < -0.4 is 5.73 Å². The highest BCUT2D eigenvalue weighted by atomic mass is 16.5. The normalized spacial score (nSPS) is 29.8. The second-order valence-electron chi connectivity index (χ2n) is 5.10. The summed E-state index contributed by atoms with van der Waals surface area (Å²) in [6.07, 6.45) is 4.64. The van der Waals surface area contributed by atoms with Gasteiger partial charge in [0, 0.05) is 0 Å². The molecule has 0 radical (unpaired) electrons. The van der Waals surface area contributed by atoms with Crippen LogP contribution in [-0.2, 0) is 4.74 Å². The SMILES string of the molecule is CC1(C)CCC2(CC1)CN=C(N)O2. The van der Waals surface area contributed by atoms with E-state index in [1.165, 1.54) is 12.8 Å². The van der Waals surface area contributed by atoms with E-state index in [4.69, 9.17) is 10.5 Å². The summed E-state index contributed by atoms with van der Waals surface area (Å²) in [7, 11) is 0. The standard InChI is InChI=1S/C10H18N2O/c1-9(2)3-5-10(6-4-9)7-12-8(11)13-10/h3-7H2,1-2H3,(H2,11,12). The third kappa shape index (κ3) is 1.64. The summed E-state index contributed by atoms with van der Waals surface area (Å²) in [5.41, 5.74) is 5.99. The fraction of sp³-hybridized carbons (Fsp3) is 0.900. The molecule has 0 atom stereocenters. The molecule has 0 aromatic carbocycles. The molecule has 1 heterocycles. The van der Waals surface area contributed by atoms with E-state index in [0.29, 0.717) is 11.4 Å². The van der Waals surface area contributed by atoms with E-state index in [0.717, 1.165) is 19.4 Å². The molecule has 2 rings (SSSR count). The van der Waals surface area contributed by atoms with Gasteiger partial charge in [0.1, 0.15) is 5.60 Å². The van der Waals surface area contributed by atoms with Crippen LogP contribution >= 0.6 is 0 Å². The third-order valence-electron chi connectivity index (χ3n) is 3.36. The second kappa shape index (κ2) is 2.63. The van der Waals surface area contributed by atoms with Crippen LogP contribution in [0.25, 0.3) is 0 Å². The number of ether oxygens (including phenoxy) is 1. The van der Waals surface area contributed by atoms with Crippen molar-refractivity contribution in [2.45, 2.75) is 45.1 Å². The average Bonchev–Trinajstić information content (AvgIpc) is 2.41. The van der Waals surface area contributed by atoms with Crippen molar-refractivity contribution in [3.8, 4) is 0 Å². The highest BCUT2D eigenvalue weighted by Crippen LogP contribution is 2.43. The maximum atomic E-state index is 5.61. The molecule has 1 spiro atoms. The molecule has 2 aliphatic rings. The van der Waals surface area contributed by atoms with Gasteiger partial charge in [0.05, 0.1) is 6.54 Å². The molecule has 3 nitrogen and oxygen atoms in total.